The van der Waals surface area contributed by atoms with E-state index in [0.717, 1.165) is 25.8 Å². The van der Waals surface area contributed by atoms with E-state index in [1.807, 2.05) is 0 Å². The van der Waals surface area contributed by atoms with E-state index in [1.54, 1.807) is 0 Å². The second-order valence-corrected chi connectivity index (χ2v) is 4.56. The lowest BCUT2D eigenvalue weighted by atomic mass is 10.1. The Hall–Kier alpha value is -0.730. The number of nitrogens with one attached hydrogen (secondary N) is 2. The molecule has 0 aromatic heterocycles. The summed E-state index contributed by atoms with van der Waals surface area (Å²) in [5, 5.41) is 5.89. The third kappa shape index (κ3) is 4.49. The summed E-state index contributed by atoms with van der Waals surface area (Å²) in [6.07, 6.45) is 5.88. The molecule has 1 saturated carbocycles. The van der Waals surface area contributed by atoms with E-state index in [9.17, 15) is 4.79 Å². The Morgan fingerprint density at radius 3 is 2.57 bits per heavy atom. The van der Waals surface area contributed by atoms with Crippen molar-refractivity contribution in [2.45, 2.75) is 52.0 Å². The van der Waals surface area contributed by atoms with Crippen molar-refractivity contribution in [3.8, 4) is 0 Å². The lowest BCUT2D eigenvalue weighted by Crippen LogP contribution is -2.41. The van der Waals surface area contributed by atoms with Crippen LogP contribution in [-0.2, 0) is 0 Å². The topological polar surface area (TPSA) is 41.1 Å². The Morgan fingerprint density at radius 2 is 2.00 bits per heavy atom. The van der Waals surface area contributed by atoms with E-state index in [4.69, 9.17) is 0 Å². The van der Waals surface area contributed by atoms with Gasteiger partial charge >= 0.3 is 6.03 Å². The zero-order valence-corrected chi connectivity index (χ0v) is 9.31. The molecule has 3 heteroatoms. The van der Waals surface area contributed by atoms with Crippen molar-refractivity contribution in [3.63, 3.8) is 0 Å². The first kappa shape index (κ1) is 11.3. The van der Waals surface area contributed by atoms with Gasteiger partial charge in [-0.3, -0.25) is 0 Å². The zero-order chi connectivity index (χ0) is 10.4. The molecule has 2 amide bonds. The maximum Gasteiger partial charge on any atom is 0.315 e. The van der Waals surface area contributed by atoms with Gasteiger partial charge in [-0.15, -0.1) is 0 Å². The van der Waals surface area contributed by atoms with Crippen molar-refractivity contribution in [2.75, 3.05) is 6.54 Å². The largest absolute Gasteiger partial charge is 0.338 e. The fraction of sp³-hybridized carbons (Fsp3) is 0.909. The van der Waals surface area contributed by atoms with Crippen LogP contribution in [0.15, 0.2) is 0 Å². The van der Waals surface area contributed by atoms with Crippen molar-refractivity contribution in [3.05, 3.63) is 0 Å². The Kier molecular flexibility index (Phi) is 4.77. The first-order valence-corrected chi connectivity index (χ1v) is 5.73. The molecule has 0 spiro atoms. The Bertz CT molecular complexity index is 174. The fourth-order valence-corrected chi connectivity index (χ4v) is 1.78. The van der Waals surface area contributed by atoms with Gasteiger partial charge in [-0.05, 0) is 25.2 Å². The van der Waals surface area contributed by atoms with E-state index >= 15 is 0 Å². The second-order valence-electron chi connectivity index (χ2n) is 4.56. The number of hydrogen-bond donors (Lipinski definition) is 2. The molecule has 1 rings (SSSR count). The molecule has 0 aliphatic heterocycles. The van der Waals surface area contributed by atoms with E-state index in [1.165, 1.54) is 12.8 Å². The minimum absolute atomic E-state index is 0.0116. The number of carbonyl (C=O) groups is 1. The highest BCUT2D eigenvalue weighted by Crippen LogP contribution is 2.17. The minimum Gasteiger partial charge on any atom is -0.338 e. The summed E-state index contributed by atoms with van der Waals surface area (Å²) < 4.78 is 0. The van der Waals surface area contributed by atoms with Gasteiger partial charge in [0.1, 0.15) is 0 Å². The molecule has 0 aromatic carbocycles. The molecule has 0 bridgehead atoms. The summed E-state index contributed by atoms with van der Waals surface area (Å²) in [4.78, 5) is 11.4. The molecule has 82 valence electrons. The number of amides is 2. The maximum absolute atomic E-state index is 11.4. The third-order valence-corrected chi connectivity index (χ3v) is 2.70. The lowest BCUT2D eigenvalue weighted by molar-refractivity contribution is 0.236. The van der Waals surface area contributed by atoms with Crippen LogP contribution >= 0.6 is 0 Å². The Labute approximate surface area is 86.6 Å². The highest BCUT2D eigenvalue weighted by atomic mass is 16.2. The lowest BCUT2D eigenvalue weighted by Gasteiger charge is -2.13. The summed E-state index contributed by atoms with van der Waals surface area (Å²) in [6.45, 7) is 5.11. The predicted octanol–water partition coefficient (Wildman–Crippen LogP) is 2.27. The molecule has 1 aliphatic carbocycles. The van der Waals surface area contributed by atoms with Crippen molar-refractivity contribution < 1.29 is 4.79 Å². The van der Waals surface area contributed by atoms with Gasteiger partial charge in [0, 0.05) is 12.6 Å². The maximum atomic E-state index is 11.4. The van der Waals surface area contributed by atoms with Crippen molar-refractivity contribution in [1.29, 1.82) is 0 Å². The molecule has 2 N–H and O–H groups in total. The van der Waals surface area contributed by atoms with Gasteiger partial charge in [-0.25, -0.2) is 4.79 Å². The highest BCUT2D eigenvalue weighted by molar-refractivity contribution is 5.74. The molecule has 1 aliphatic rings. The predicted molar refractivity (Wildman–Crippen MR) is 58.2 cm³/mol. The summed E-state index contributed by atoms with van der Waals surface area (Å²) >= 11 is 0. The third-order valence-electron chi connectivity index (χ3n) is 2.70. The fourth-order valence-electron chi connectivity index (χ4n) is 1.78. The average molecular weight is 198 g/mol. The molecular weight excluding hydrogens is 176 g/mol. The summed E-state index contributed by atoms with van der Waals surface area (Å²) in [7, 11) is 0. The van der Waals surface area contributed by atoms with Crippen molar-refractivity contribution in [1.82, 2.24) is 10.6 Å². The van der Waals surface area contributed by atoms with E-state index in [0.29, 0.717) is 12.0 Å². The second kappa shape index (κ2) is 5.89. The molecule has 0 unspecified atom stereocenters. The minimum atomic E-state index is 0.0116. The highest BCUT2D eigenvalue weighted by Gasteiger charge is 2.16. The van der Waals surface area contributed by atoms with Gasteiger partial charge in [-0.1, -0.05) is 26.7 Å². The van der Waals surface area contributed by atoms with Crippen molar-refractivity contribution >= 4 is 6.03 Å². The molecule has 0 radical (unpaired) electrons. The normalized spacial score (nSPS) is 17.4. The SMILES string of the molecule is CC(C)CCNC(=O)NC1CCCC1. The summed E-state index contributed by atoms with van der Waals surface area (Å²) in [5.41, 5.74) is 0. The molecule has 3 nitrogen and oxygen atoms in total. The molecule has 0 aromatic rings. The van der Waals surface area contributed by atoms with Crippen LogP contribution < -0.4 is 10.6 Å². The smallest absolute Gasteiger partial charge is 0.315 e. The van der Waals surface area contributed by atoms with Gasteiger partial charge in [0.05, 0.1) is 0 Å². The van der Waals surface area contributed by atoms with Crippen LogP contribution in [0.1, 0.15) is 46.0 Å². The summed E-state index contributed by atoms with van der Waals surface area (Å²) in [5.74, 6) is 0.654. The number of urea groups is 1. The van der Waals surface area contributed by atoms with Gasteiger partial charge in [0.2, 0.25) is 0 Å². The molecule has 1 fully saturated rings. The number of rotatable bonds is 4. The number of hydrogen-bond acceptors (Lipinski definition) is 1. The molecular formula is C11H22N2O. The number of carbonyl (C=O) groups excluding carboxylic acids is 1. The van der Waals surface area contributed by atoms with Crippen LogP contribution in [-0.4, -0.2) is 18.6 Å². The zero-order valence-electron chi connectivity index (χ0n) is 9.31. The monoisotopic (exact) mass is 198 g/mol. The van der Waals surface area contributed by atoms with E-state index in [2.05, 4.69) is 24.5 Å². The average Bonchev–Trinajstić information content (AvgIpc) is 2.56. The molecule has 0 heterocycles. The Morgan fingerprint density at radius 1 is 1.36 bits per heavy atom. The van der Waals surface area contributed by atoms with Gasteiger partial charge < -0.3 is 10.6 Å². The van der Waals surface area contributed by atoms with Crippen LogP contribution in [0.2, 0.25) is 0 Å². The molecule has 0 saturated heterocycles. The van der Waals surface area contributed by atoms with Crippen molar-refractivity contribution in [2.24, 2.45) is 5.92 Å². The first-order valence-electron chi connectivity index (χ1n) is 5.73. The van der Waals surface area contributed by atoms with Gasteiger partial charge in [-0.2, -0.15) is 0 Å². The first-order chi connectivity index (χ1) is 6.68. The van der Waals surface area contributed by atoms with Gasteiger partial charge in [0.25, 0.3) is 0 Å². The van der Waals surface area contributed by atoms with Crippen LogP contribution in [0.4, 0.5) is 4.79 Å². The van der Waals surface area contributed by atoms with Crippen LogP contribution in [0.25, 0.3) is 0 Å². The molecule has 0 atom stereocenters. The quantitative estimate of drug-likeness (QED) is 0.715. The van der Waals surface area contributed by atoms with E-state index < -0.39 is 0 Å². The Balaban J connectivity index is 2.03. The summed E-state index contributed by atoms with van der Waals surface area (Å²) in [6, 6.07) is 0.437. The van der Waals surface area contributed by atoms with Crippen LogP contribution in [0.5, 0.6) is 0 Å². The van der Waals surface area contributed by atoms with E-state index in [-0.39, 0.29) is 6.03 Å². The molecule has 14 heavy (non-hydrogen) atoms. The van der Waals surface area contributed by atoms with Crippen LogP contribution in [0.3, 0.4) is 0 Å². The van der Waals surface area contributed by atoms with Gasteiger partial charge in [0.15, 0.2) is 0 Å². The van der Waals surface area contributed by atoms with Crippen LogP contribution in [0, 0.1) is 5.92 Å². The standard InChI is InChI=1S/C11H22N2O/c1-9(2)7-8-12-11(14)13-10-5-3-4-6-10/h9-10H,3-8H2,1-2H3,(H2,12,13,14).